The van der Waals surface area contributed by atoms with Gasteiger partial charge in [-0.05, 0) is 85.8 Å². The molecule has 3 N–H and O–H groups in total. The summed E-state index contributed by atoms with van der Waals surface area (Å²) in [5, 5.41) is 23.9. The molecule has 7 nitrogen and oxygen atoms in total. The molecule has 1 fully saturated rings. The summed E-state index contributed by atoms with van der Waals surface area (Å²) in [5.74, 6) is -0.159. The van der Waals surface area contributed by atoms with Gasteiger partial charge in [-0.1, -0.05) is 35.9 Å². The minimum Gasteiger partial charge on any atom is -0.393 e. The normalized spacial score (nSPS) is 15.8. The molecule has 1 aliphatic rings. The molecule has 3 aromatic rings. The molecule has 1 amide bonds. The fourth-order valence-electron chi connectivity index (χ4n) is 4.54. The summed E-state index contributed by atoms with van der Waals surface area (Å²) < 4.78 is 26.3. The number of nitrogens with zero attached hydrogens (tertiary/aromatic N) is 1. The summed E-state index contributed by atoms with van der Waals surface area (Å²) in [6, 6.07) is 20.0. The van der Waals surface area contributed by atoms with E-state index in [1.165, 1.54) is 12.1 Å². The molecule has 4 rings (SSSR count). The quantitative estimate of drug-likeness (QED) is 0.339. The van der Waals surface area contributed by atoms with Crippen molar-refractivity contribution in [2.45, 2.75) is 54.2 Å². The van der Waals surface area contributed by atoms with E-state index in [1.807, 2.05) is 13.0 Å². The first-order valence-corrected chi connectivity index (χ1v) is 14.6. The Morgan fingerprint density at radius 2 is 1.62 bits per heavy atom. The summed E-state index contributed by atoms with van der Waals surface area (Å²) in [4.78, 5) is 14.7. The topological polar surface area (TPSA) is 107 Å². The van der Waals surface area contributed by atoms with E-state index in [1.54, 1.807) is 59.5 Å². The van der Waals surface area contributed by atoms with E-state index in [0.717, 1.165) is 11.1 Å². The minimum absolute atomic E-state index is 0. The summed E-state index contributed by atoms with van der Waals surface area (Å²) in [6.45, 7) is 3.35. The molecule has 0 bridgehead atoms. The molecule has 1 saturated heterocycles. The number of piperidine rings is 1. The van der Waals surface area contributed by atoms with Crippen molar-refractivity contribution in [3.63, 3.8) is 0 Å². The second-order valence-corrected chi connectivity index (χ2v) is 12.2. The lowest BCUT2D eigenvalue weighted by Crippen LogP contribution is -2.40. The van der Waals surface area contributed by atoms with Crippen LogP contribution in [0.25, 0.3) is 0 Å². The summed E-state index contributed by atoms with van der Waals surface area (Å²) in [6.07, 6.45) is 0.706. The van der Waals surface area contributed by atoms with Gasteiger partial charge >= 0.3 is 0 Å². The van der Waals surface area contributed by atoms with Crippen LogP contribution in [0.5, 0.6) is 0 Å². The number of carbonyl (C=O) groups excluding carboxylic acids is 1. The number of halogens is 2. The largest absolute Gasteiger partial charge is 0.393 e. The second-order valence-electron chi connectivity index (χ2n) is 9.78. The molecule has 0 spiro atoms. The highest BCUT2D eigenvalue weighted by molar-refractivity contribution is 7.91. The molecule has 1 aliphatic heterocycles. The Labute approximate surface area is 241 Å². The zero-order valence-electron chi connectivity index (χ0n) is 21.7. The lowest BCUT2D eigenvalue weighted by Gasteiger charge is -2.29. The molecule has 39 heavy (non-hydrogen) atoms. The van der Waals surface area contributed by atoms with E-state index in [2.05, 4.69) is 5.32 Å². The number of carbonyl (C=O) groups is 1. The van der Waals surface area contributed by atoms with Crippen molar-refractivity contribution in [1.29, 1.82) is 0 Å². The first kappa shape index (κ1) is 31.1. The number of nitrogens with one attached hydrogen (secondary N) is 1. The number of hydrogen-bond donors (Lipinski definition) is 3. The molecule has 0 aliphatic carbocycles. The van der Waals surface area contributed by atoms with Crippen LogP contribution in [0.4, 0.5) is 0 Å². The average Bonchev–Trinajstić information content (AvgIpc) is 2.92. The highest BCUT2D eigenvalue weighted by Crippen LogP contribution is 2.23. The third kappa shape index (κ3) is 8.03. The van der Waals surface area contributed by atoms with Crippen molar-refractivity contribution in [1.82, 2.24) is 10.2 Å². The van der Waals surface area contributed by atoms with Crippen LogP contribution < -0.4 is 5.32 Å². The average molecular weight is 594 g/mol. The van der Waals surface area contributed by atoms with Crippen molar-refractivity contribution in [2.24, 2.45) is 0 Å². The van der Waals surface area contributed by atoms with Gasteiger partial charge in [0.05, 0.1) is 22.0 Å². The lowest BCUT2D eigenvalue weighted by atomic mass is 10.1. The van der Waals surface area contributed by atoms with Crippen LogP contribution in [-0.4, -0.2) is 61.2 Å². The van der Waals surface area contributed by atoms with Crippen LogP contribution in [-0.2, 0) is 16.3 Å². The molecule has 1 heterocycles. The molecule has 2 atom stereocenters. The maximum absolute atomic E-state index is 13.1. The second kappa shape index (κ2) is 13.7. The number of aliphatic hydroxyl groups is 2. The number of amides is 1. The Kier molecular flexibility index (Phi) is 11.0. The van der Waals surface area contributed by atoms with Crippen LogP contribution in [0.2, 0.25) is 5.02 Å². The number of rotatable bonds is 9. The van der Waals surface area contributed by atoms with Crippen LogP contribution >= 0.6 is 24.0 Å². The van der Waals surface area contributed by atoms with Crippen LogP contribution in [0.1, 0.15) is 47.4 Å². The van der Waals surface area contributed by atoms with E-state index in [0.29, 0.717) is 49.5 Å². The van der Waals surface area contributed by atoms with E-state index < -0.39 is 15.9 Å². The predicted octanol–water partition coefficient (Wildman–Crippen LogP) is 4.45. The third-order valence-corrected chi connectivity index (χ3v) is 8.85. The van der Waals surface area contributed by atoms with E-state index >= 15 is 0 Å². The van der Waals surface area contributed by atoms with Gasteiger partial charge < -0.3 is 20.4 Å². The number of hydrogen-bond acceptors (Lipinski definition) is 6. The van der Waals surface area contributed by atoms with Gasteiger partial charge in [-0.25, -0.2) is 8.42 Å². The number of sulfone groups is 1. The monoisotopic (exact) mass is 592 g/mol. The Bertz CT molecular complexity index is 1340. The lowest BCUT2D eigenvalue weighted by molar-refractivity contribution is 0.0546. The van der Waals surface area contributed by atoms with Gasteiger partial charge in [0.25, 0.3) is 5.91 Å². The van der Waals surface area contributed by atoms with Crippen LogP contribution in [0.15, 0.2) is 82.6 Å². The fourth-order valence-corrected chi connectivity index (χ4v) is 6.00. The Balaban J connectivity index is 0.00000420. The SMILES string of the molecule is C[C@H](Cc1ccc(S(=O)(=O)c2ccc(C(=O)N3CCC(O)CC3)cc2)cc1)NC[C@@H](O)c1cccc(Cl)c1.Cl. The maximum atomic E-state index is 13.1. The molecule has 0 unspecified atom stereocenters. The summed E-state index contributed by atoms with van der Waals surface area (Å²) in [7, 11) is -3.73. The van der Waals surface area contributed by atoms with E-state index in [-0.39, 0.29) is 40.3 Å². The highest BCUT2D eigenvalue weighted by atomic mass is 35.5. The Hall–Kier alpha value is -2.46. The smallest absolute Gasteiger partial charge is 0.253 e. The molecule has 210 valence electrons. The molecular weight excluding hydrogens is 559 g/mol. The zero-order valence-corrected chi connectivity index (χ0v) is 24.1. The summed E-state index contributed by atoms with van der Waals surface area (Å²) >= 11 is 6.00. The number of benzene rings is 3. The van der Waals surface area contributed by atoms with Gasteiger partial charge in [0.1, 0.15) is 0 Å². The van der Waals surface area contributed by atoms with Gasteiger partial charge in [-0.15, -0.1) is 12.4 Å². The first-order valence-electron chi connectivity index (χ1n) is 12.7. The summed E-state index contributed by atoms with van der Waals surface area (Å²) in [5.41, 5.74) is 2.14. The van der Waals surface area contributed by atoms with Gasteiger partial charge in [0.15, 0.2) is 0 Å². The standard InChI is InChI=1S/C29H33ClN2O5S.ClH/c1-20(31-19-28(34)23-3-2-4-24(30)18-23)17-21-5-9-26(10-6-21)38(36,37)27-11-7-22(8-12-27)29(35)32-15-13-25(33)14-16-32;/h2-12,18,20,25,28,31,33-34H,13-17,19H2,1H3;1H/t20-,28-;/m1./s1. The van der Waals surface area contributed by atoms with Crippen molar-refractivity contribution in [3.05, 3.63) is 94.5 Å². The van der Waals surface area contributed by atoms with Crippen molar-refractivity contribution in [2.75, 3.05) is 19.6 Å². The number of aliphatic hydroxyl groups excluding tert-OH is 2. The Morgan fingerprint density at radius 3 is 2.21 bits per heavy atom. The van der Waals surface area contributed by atoms with Crippen molar-refractivity contribution in [3.8, 4) is 0 Å². The molecule has 0 radical (unpaired) electrons. The van der Waals surface area contributed by atoms with Gasteiger partial charge in [0, 0.05) is 36.3 Å². The first-order chi connectivity index (χ1) is 18.1. The molecule has 10 heteroatoms. The van der Waals surface area contributed by atoms with Crippen LogP contribution in [0.3, 0.4) is 0 Å². The van der Waals surface area contributed by atoms with Gasteiger partial charge in [-0.2, -0.15) is 0 Å². The van der Waals surface area contributed by atoms with Crippen LogP contribution in [0, 0.1) is 0 Å². The molecule has 0 saturated carbocycles. The third-order valence-electron chi connectivity index (χ3n) is 6.83. The minimum atomic E-state index is -3.73. The van der Waals surface area contributed by atoms with Crippen molar-refractivity contribution < 1.29 is 23.4 Å². The van der Waals surface area contributed by atoms with Crippen molar-refractivity contribution >= 4 is 39.8 Å². The highest BCUT2D eigenvalue weighted by Gasteiger charge is 2.23. The Morgan fingerprint density at radius 1 is 1.03 bits per heavy atom. The zero-order chi connectivity index (χ0) is 27.3. The molecular formula is C29H34Cl2N2O5S. The van der Waals surface area contributed by atoms with E-state index in [9.17, 15) is 23.4 Å². The molecule has 0 aromatic heterocycles. The van der Waals surface area contributed by atoms with Gasteiger partial charge in [-0.3, -0.25) is 4.79 Å². The maximum Gasteiger partial charge on any atom is 0.253 e. The van der Waals surface area contributed by atoms with E-state index in [4.69, 9.17) is 11.6 Å². The fraction of sp³-hybridized carbons (Fsp3) is 0.345. The van der Waals surface area contributed by atoms with Gasteiger partial charge in [0.2, 0.25) is 9.84 Å². The molecule has 3 aromatic carbocycles. The number of likely N-dealkylation sites (tertiary alicyclic amines) is 1. The predicted molar refractivity (Wildman–Crippen MR) is 154 cm³/mol.